The van der Waals surface area contributed by atoms with Crippen LogP contribution in [0.25, 0.3) is 0 Å². The van der Waals surface area contributed by atoms with E-state index in [1.807, 2.05) is 0 Å². The summed E-state index contributed by atoms with van der Waals surface area (Å²) in [6, 6.07) is 0. The molecule has 2 N–H and O–H groups in total. The van der Waals surface area contributed by atoms with Gasteiger partial charge in [0.2, 0.25) is 0 Å². The first-order valence-electron chi connectivity index (χ1n) is 5.84. The van der Waals surface area contributed by atoms with Crippen LogP contribution >= 0.6 is 0 Å². The summed E-state index contributed by atoms with van der Waals surface area (Å²) < 4.78 is 0. The topological polar surface area (TPSA) is 32.3 Å². The van der Waals surface area contributed by atoms with Gasteiger partial charge in [0.25, 0.3) is 0 Å². The van der Waals surface area contributed by atoms with Gasteiger partial charge in [-0.05, 0) is 59.3 Å². The van der Waals surface area contributed by atoms with Crippen molar-refractivity contribution in [3.05, 3.63) is 0 Å². The molecule has 2 bridgehead atoms. The van der Waals surface area contributed by atoms with Gasteiger partial charge >= 0.3 is 0 Å². The molecular formula is C12H23NO. The van der Waals surface area contributed by atoms with E-state index < -0.39 is 0 Å². The van der Waals surface area contributed by atoms with Gasteiger partial charge in [0.1, 0.15) is 0 Å². The maximum atomic E-state index is 10.1. The van der Waals surface area contributed by atoms with Crippen molar-refractivity contribution in [3.8, 4) is 0 Å². The standard InChI is InChI=1S/C12H23NO/c1-10(2,3)13-11-4-7-12(14,8-5-11)9-6-11/h13-14H,4-9H2,1-3H3. The van der Waals surface area contributed by atoms with Crippen LogP contribution < -0.4 is 5.32 Å². The summed E-state index contributed by atoms with van der Waals surface area (Å²) in [7, 11) is 0. The van der Waals surface area contributed by atoms with E-state index in [0.29, 0.717) is 5.54 Å². The highest BCUT2D eigenvalue weighted by molar-refractivity contribution is 5.06. The van der Waals surface area contributed by atoms with Crippen molar-refractivity contribution in [2.75, 3.05) is 0 Å². The molecule has 0 spiro atoms. The molecule has 0 aliphatic heterocycles. The van der Waals surface area contributed by atoms with Gasteiger partial charge in [0, 0.05) is 11.1 Å². The summed E-state index contributed by atoms with van der Waals surface area (Å²) in [5.74, 6) is 0. The van der Waals surface area contributed by atoms with Gasteiger partial charge in [0.15, 0.2) is 0 Å². The van der Waals surface area contributed by atoms with Gasteiger partial charge in [-0.15, -0.1) is 0 Å². The summed E-state index contributed by atoms with van der Waals surface area (Å²) in [6.07, 6.45) is 6.45. The molecule has 2 nitrogen and oxygen atoms in total. The van der Waals surface area contributed by atoms with Crippen molar-refractivity contribution < 1.29 is 5.11 Å². The molecular weight excluding hydrogens is 174 g/mol. The molecule has 0 aromatic heterocycles. The lowest BCUT2D eigenvalue weighted by Crippen LogP contribution is -2.61. The lowest BCUT2D eigenvalue weighted by atomic mass is 9.63. The summed E-state index contributed by atoms with van der Waals surface area (Å²) in [4.78, 5) is 0. The van der Waals surface area contributed by atoms with Crippen LogP contribution in [0.2, 0.25) is 0 Å². The molecule has 0 saturated heterocycles. The van der Waals surface area contributed by atoms with Crippen LogP contribution in [0.1, 0.15) is 59.3 Å². The first-order chi connectivity index (χ1) is 6.33. The zero-order valence-corrected chi connectivity index (χ0v) is 9.69. The van der Waals surface area contributed by atoms with Gasteiger partial charge in [-0.2, -0.15) is 0 Å². The molecule has 3 aliphatic rings. The van der Waals surface area contributed by atoms with Crippen molar-refractivity contribution >= 4 is 0 Å². The first-order valence-corrected chi connectivity index (χ1v) is 5.84. The van der Waals surface area contributed by atoms with E-state index in [-0.39, 0.29) is 11.1 Å². The molecule has 0 aromatic carbocycles. The van der Waals surface area contributed by atoms with E-state index in [2.05, 4.69) is 26.1 Å². The number of hydrogen-bond donors (Lipinski definition) is 2. The maximum absolute atomic E-state index is 10.1. The Morgan fingerprint density at radius 1 is 0.929 bits per heavy atom. The predicted octanol–water partition coefficient (Wildman–Crippen LogP) is 2.21. The van der Waals surface area contributed by atoms with Gasteiger partial charge in [-0.25, -0.2) is 0 Å². The maximum Gasteiger partial charge on any atom is 0.0649 e. The van der Waals surface area contributed by atoms with Crippen LogP contribution in [0.5, 0.6) is 0 Å². The number of aliphatic hydroxyl groups is 1. The summed E-state index contributed by atoms with van der Waals surface area (Å²) >= 11 is 0. The lowest BCUT2D eigenvalue weighted by Gasteiger charge is -2.53. The van der Waals surface area contributed by atoms with Crippen molar-refractivity contribution in [2.24, 2.45) is 0 Å². The average molecular weight is 197 g/mol. The fraction of sp³-hybridized carbons (Fsp3) is 1.00. The lowest BCUT2D eigenvalue weighted by molar-refractivity contribution is -0.0778. The zero-order chi connectivity index (χ0) is 10.4. The molecule has 0 heterocycles. The third kappa shape index (κ3) is 1.96. The Morgan fingerprint density at radius 2 is 1.36 bits per heavy atom. The predicted molar refractivity (Wildman–Crippen MR) is 58.3 cm³/mol. The molecule has 0 unspecified atom stereocenters. The Hall–Kier alpha value is -0.0800. The number of hydrogen-bond acceptors (Lipinski definition) is 2. The van der Waals surface area contributed by atoms with E-state index in [9.17, 15) is 5.11 Å². The molecule has 0 amide bonds. The van der Waals surface area contributed by atoms with Crippen LogP contribution in [-0.4, -0.2) is 21.8 Å². The Bertz CT molecular complexity index is 204. The Kier molecular flexibility index (Phi) is 2.20. The second-order valence-electron chi connectivity index (χ2n) is 6.38. The molecule has 2 heteroatoms. The van der Waals surface area contributed by atoms with Gasteiger partial charge in [-0.3, -0.25) is 0 Å². The van der Waals surface area contributed by atoms with E-state index in [1.165, 1.54) is 0 Å². The molecule has 3 saturated carbocycles. The van der Waals surface area contributed by atoms with Crippen LogP contribution in [0.4, 0.5) is 0 Å². The minimum atomic E-state index is -0.304. The van der Waals surface area contributed by atoms with E-state index in [4.69, 9.17) is 0 Å². The number of rotatable bonds is 1. The third-order valence-electron chi connectivity index (χ3n) is 3.85. The Labute approximate surface area is 87.1 Å². The third-order valence-corrected chi connectivity index (χ3v) is 3.85. The van der Waals surface area contributed by atoms with Gasteiger partial charge in [0.05, 0.1) is 5.60 Å². The van der Waals surface area contributed by atoms with E-state index >= 15 is 0 Å². The minimum Gasteiger partial charge on any atom is -0.390 e. The van der Waals surface area contributed by atoms with Gasteiger partial charge in [-0.1, -0.05) is 0 Å². The smallest absolute Gasteiger partial charge is 0.0649 e. The summed E-state index contributed by atoms with van der Waals surface area (Å²) in [6.45, 7) is 6.70. The first kappa shape index (κ1) is 10.4. The Morgan fingerprint density at radius 3 is 1.71 bits per heavy atom. The second-order valence-corrected chi connectivity index (χ2v) is 6.38. The molecule has 82 valence electrons. The fourth-order valence-corrected chi connectivity index (χ4v) is 3.15. The van der Waals surface area contributed by atoms with Crippen molar-refractivity contribution in [1.29, 1.82) is 0 Å². The van der Waals surface area contributed by atoms with E-state index in [0.717, 1.165) is 38.5 Å². The van der Waals surface area contributed by atoms with Crippen molar-refractivity contribution in [3.63, 3.8) is 0 Å². The monoisotopic (exact) mass is 197 g/mol. The molecule has 3 rings (SSSR count). The van der Waals surface area contributed by atoms with Gasteiger partial charge < -0.3 is 10.4 Å². The molecule has 3 fully saturated rings. The average Bonchev–Trinajstić information content (AvgIpc) is 2.05. The van der Waals surface area contributed by atoms with Crippen molar-refractivity contribution in [1.82, 2.24) is 5.32 Å². The highest BCUT2D eigenvalue weighted by Gasteiger charge is 2.48. The summed E-state index contributed by atoms with van der Waals surface area (Å²) in [5, 5.41) is 13.9. The van der Waals surface area contributed by atoms with Crippen LogP contribution in [0.15, 0.2) is 0 Å². The Balaban J connectivity index is 2.05. The summed E-state index contributed by atoms with van der Waals surface area (Å²) in [5.41, 5.74) is 0.233. The molecule has 0 atom stereocenters. The fourth-order valence-electron chi connectivity index (χ4n) is 3.15. The van der Waals surface area contributed by atoms with Crippen LogP contribution in [-0.2, 0) is 0 Å². The molecule has 0 aromatic rings. The number of fused-ring (bicyclic) bond motifs is 3. The molecule has 0 radical (unpaired) electrons. The van der Waals surface area contributed by atoms with Crippen molar-refractivity contribution in [2.45, 2.75) is 76.0 Å². The van der Waals surface area contributed by atoms with Crippen LogP contribution in [0.3, 0.4) is 0 Å². The zero-order valence-electron chi connectivity index (χ0n) is 9.69. The molecule has 3 aliphatic carbocycles. The highest BCUT2D eigenvalue weighted by atomic mass is 16.3. The highest BCUT2D eigenvalue weighted by Crippen LogP contribution is 2.47. The molecule has 14 heavy (non-hydrogen) atoms. The minimum absolute atomic E-state index is 0.201. The van der Waals surface area contributed by atoms with Crippen LogP contribution in [0, 0.1) is 0 Å². The largest absolute Gasteiger partial charge is 0.390 e. The quantitative estimate of drug-likeness (QED) is 0.675. The second kappa shape index (κ2) is 2.96. The SMILES string of the molecule is CC(C)(C)NC12CCC(O)(CC1)CC2. The van der Waals surface area contributed by atoms with E-state index in [1.54, 1.807) is 0 Å². The number of nitrogens with one attached hydrogen (secondary N) is 1. The normalized spacial score (nSPS) is 42.9.